The Hall–Kier alpha value is -1.52. The Balaban J connectivity index is 1.94. The van der Waals surface area contributed by atoms with Crippen molar-refractivity contribution < 1.29 is 5.11 Å². The van der Waals surface area contributed by atoms with Crippen molar-refractivity contribution in [3.63, 3.8) is 0 Å². The lowest BCUT2D eigenvalue weighted by Crippen LogP contribution is -2.18. The molecule has 0 spiro atoms. The van der Waals surface area contributed by atoms with Crippen molar-refractivity contribution in [2.24, 2.45) is 0 Å². The highest BCUT2D eigenvalue weighted by molar-refractivity contribution is 7.99. The van der Waals surface area contributed by atoms with Crippen LogP contribution in [-0.2, 0) is 6.54 Å². The molecule has 19 heavy (non-hydrogen) atoms. The van der Waals surface area contributed by atoms with Crippen LogP contribution < -0.4 is 5.56 Å². The van der Waals surface area contributed by atoms with Crippen molar-refractivity contribution in [2.75, 3.05) is 5.75 Å². The van der Waals surface area contributed by atoms with E-state index in [-0.39, 0.29) is 5.56 Å². The van der Waals surface area contributed by atoms with Crippen LogP contribution in [-0.4, -0.2) is 15.4 Å². The van der Waals surface area contributed by atoms with E-state index in [1.165, 1.54) is 0 Å². The van der Waals surface area contributed by atoms with Gasteiger partial charge in [0, 0.05) is 29.5 Å². The van der Waals surface area contributed by atoms with Gasteiger partial charge in [0.25, 0.3) is 5.56 Å². The normalized spacial score (nSPS) is 12.3. The third kappa shape index (κ3) is 3.98. The molecule has 1 unspecified atom stereocenters. The molecule has 0 saturated carbocycles. The fourth-order valence-electron chi connectivity index (χ4n) is 1.77. The molecular formula is C15H17NO2S. The van der Waals surface area contributed by atoms with Gasteiger partial charge in [0.05, 0.1) is 6.10 Å². The zero-order valence-corrected chi connectivity index (χ0v) is 11.6. The van der Waals surface area contributed by atoms with E-state index in [0.717, 1.165) is 16.2 Å². The van der Waals surface area contributed by atoms with Gasteiger partial charge in [-0.15, -0.1) is 11.8 Å². The molecule has 1 aromatic carbocycles. The van der Waals surface area contributed by atoms with Gasteiger partial charge in [-0.05, 0) is 30.7 Å². The first kappa shape index (κ1) is 13.9. The van der Waals surface area contributed by atoms with Crippen LogP contribution in [0.25, 0.3) is 0 Å². The Kier molecular flexibility index (Phi) is 4.82. The summed E-state index contributed by atoms with van der Waals surface area (Å²) < 4.78 is 1.70. The quantitative estimate of drug-likeness (QED) is 0.853. The lowest BCUT2D eigenvalue weighted by atomic mass is 10.1. The van der Waals surface area contributed by atoms with Crippen LogP contribution in [0, 0.1) is 0 Å². The third-order valence-corrected chi connectivity index (χ3v) is 3.81. The van der Waals surface area contributed by atoms with E-state index in [9.17, 15) is 9.90 Å². The van der Waals surface area contributed by atoms with Crippen molar-refractivity contribution in [3.8, 4) is 0 Å². The average molecular weight is 275 g/mol. The number of nitrogens with zero attached hydrogens (tertiary/aromatic N) is 1. The van der Waals surface area contributed by atoms with Crippen molar-refractivity contribution in [1.29, 1.82) is 0 Å². The summed E-state index contributed by atoms with van der Waals surface area (Å²) in [4.78, 5) is 12.6. The van der Waals surface area contributed by atoms with Crippen LogP contribution >= 0.6 is 11.8 Å². The maximum absolute atomic E-state index is 11.5. The van der Waals surface area contributed by atoms with Crippen LogP contribution in [0.3, 0.4) is 0 Å². The summed E-state index contributed by atoms with van der Waals surface area (Å²) in [6.07, 6.45) is 1.35. The maximum Gasteiger partial charge on any atom is 0.250 e. The van der Waals surface area contributed by atoms with Crippen molar-refractivity contribution in [1.82, 2.24) is 4.57 Å². The van der Waals surface area contributed by atoms with E-state index in [4.69, 9.17) is 0 Å². The van der Waals surface area contributed by atoms with E-state index >= 15 is 0 Å². The van der Waals surface area contributed by atoms with Gasteiger partial charge in [0.15, 0.2) is 0 Å². The van der Waals surface area contributed by atoms with Crippen molar-refractivity contribution >= 4 is 11.8 Å². The molecule has 0 aliphatic carbocycles. The number of rotatable bonds is 5. The molecule has 3 nitrogen and oxygen atoms in total. The van der Waals surface area contributed by atoms with Gasteiger partial charge in [-0.25, -0.2) is 0 Å². The predicted molar refractivity (Wildman–Crippen MR) is 78.5 cm³/mol. The molecule has 0 aliphatic heterocycles. The maximum atomic E-state index is 11.5. The molecule has 1 heterocycles. The smallest absolute Gasteiger partial charge is 0.250 e. The van der Waals surface area contributed by atoms with Crippen molar-refractivity contribution in [3.05, 3.63) is 64.6 Å². The number of aliphatic hydroxyl groups excluding tert-OH is 1. The van der Waals surface area contributed by atoms with Gasteiger partial charge in [-0.3, -0.25) is 4.79 Å². The van der Waals surface area contributed by atoms with Crippen LogP contribution in [0.5, 0.6) is 0 Å². The average Bonchev–Trinajstić information content (AvgIpc) is 2.41. The van der Waals surface area contributed by atoms with E-state index in [0.29, 0.717) is 6.54 Å². The highest BCUT2D eigenvalue weighted by Gasteiger charge is 2.02. The summed E-state index contributed by atoms with van der Waals surface area (Å²) in [5, 5.41) is 9.53. The van der Waals surface area contributed by atoms with E-state index in [1.54, 1.807) is 41.6 Å². The highest BCUT2D eigenvalue weighted by Crippen LogP contribution is 2.22. The molecule has 0 aliphatic rings. The summed E-state index contributed by atoms with van der Waals surface area (Å²) in [5.41, 5.74) is 0.947. The summed E-state index contributed by atoms with van der Waals surface area (Å²) in [5.74, 6) is 0.827. The van der Waals surface area contributed by atoms with Crippen LogP contribution in [0.15, 0.2) is 58.4 Å². The zero-order valence-electron chi connectivity index (χ0n) is 10.8. The number of aliphatic hydroxyl groups is 1. The minimum atomic E-state index is -0.447. The van der Waals surface area contributed by atoms with E-state index in [1.807, 2.05) is 30.3 Å². The first-order chi connectivity index (χ1) is 9.16. The largest absolute Gasteiger partial charge is 0.389 e. The minimum Gasteiger partial charge on any atom is -0.389 e. The summed E-state index contributed by atoms with van der Waals surface area (Å²) in [6, 6.07) is 13.0. The predicted octanol–water partition coefficient (Wildman–Crippen LogP) is 2.69. The minimum absolute atomic E-state index is 0.0285. The molecular weight excluding hydrogens is 258 g/mol. The number of hydrogen-bond acceptors (Lipinski definition) is 3. The standard InChI is InChI=1S/C15H17NO2S/c1-12(17)13-5-4-6-14(11-13)19-10-9-16-8-3-2-7-15(16)18/h2-8,11-12,17H,9-10H2,1H3. The number of thioether (sulfide) groups is 1. The van der Waals surface area contributed by atoms with Crippen LogP contribution in [0.2, 0.25) is 0 Å². The fraction of sp³-hybridized carbons (Fsp3) is 0.267. The Labute approximate surface area is 116 Å². The second-order valence-electron chi connectivity index (χ2n) is 4.33. The SMILES string of the molecule is CC(O)c1cccc(SCCn2ccccc2=O)c1. The molecule has 0 amide bonds. The fourth-order valence-corrected chi connectivity index (χ4v) is 2.69. The Morgan fingerprint density at radius 3 is 2.84 bits per heavy atom. The number of hydrogen-bond donors (Lipinski definition) is 1. The van der Waals surface area contributed by atoms with Crippen molar-refractivity contribution in [2.45, 2.75) is 24.5 Å². The second-order valence-corrected chi connectivity index (χ2v) is 5.50. The molecule has 0 radical (unpaired) electrons. The van der Waals surface area contributed by atoms with E-state index in [2.05, 4.69) is 0 Å². The topological polar surface area (TPSA) is 42.2 Å². The Morgan fingerprint density at radius 2 is 2.11 bits per heavy atom. The number of aromatic nitrogens is 1. The van der Waals surface area contributed by atoms with Gasteiger partial charge in [0.1, 0.15) is 0 Å². The molecule has 0 saturated heterocycles. The summed E-state index contributed by atoms with van der Waals surface area (Å²) >= 11 is 1.68. The molecule has 2 aromatic rings. The number of aryl methyl sites for hydroxylation is 1. The van der Waals surface area contributed by atoms with Gasteiger partial charge >= 0.3 is 0 Å². The van der Waals surface area contributed by atoms with Crippen LogP contribution in [0.4, 0.5) is 0 Å². The first-order valence-corrected chi connectivity index (χ1v) is 7.21. The number of pyridine rings is 1. The Morgan fingerprint density at radius 1 is 1.26 bits per heavy atom. The third-order valence-electron chi connectivity index (χ3n) is 2.84. The molecule has 100 valence electrons. The monoisotopic (exact) mass is 275 g/mol. The van der Waals surface area contributed by atoms with Gasteiger partial charge < -0.3 is 9.67 Å². The second kappa shape index (κ2) is 6.59. The number of benzene rings is 1. The van der Waals surface area contributed by atoms with E-state index < -0.39 is 6.10 Å². The lowest BCUT2D eigenvalue weighted by Gasteiger charge is -2.08. The molecule has 0 fully saturated rings. The van der Waals surface area contributed by atoms with Crippen LogP contribution in [0.1, 0.15) is 18.6 Å². The molecule has 4 heteroatoms. The van der Waals surface area contributed by atoms with Gasteiger partial charge in [-0.2, -0.15) is 0 Å². The molecule has 0 bridgehead atoms. The summed E-state index contributed by atoms with van der Waals surface area (Å²) in [7, 11) is 0. The molecule has 1 N–H and O–H groups in total. The lowest BCUT2D eigenvalue weighted by molar-refractivity contribution is 0.199. The summed E-state index contributed by atoms with van der Waals surface area (Å²) in [6.45, 7) is 2.44. The van der Waals surface area contributed by atoms with Gasteiger partial charge in [-0.1, -0.05) is 18.2 Å². The van der Waals surface area contributed by atoms with Gasteiger partial charge in [0.2, 0.25) is 0 Å². The molecule has 1 aromatic heterocycles. The highest BCUT2D eigenvalue weighted by atomic mass is 32.2. The molecule has 1 atom stereocenters. The Bertz CT molecular complexity index is 592. The first-order valence-electron chi connectivity index (χ1n) is 6.23. The molecule has 2 rings (SSSR count). The zero-order chi connectivity index (χ0) is 13.7.